The first-order valence-corrected chi connectivity index (χ1v) is 8.02. The Morgan fingerprint density at radius 2 is 2.24 bits per heavy atom. The molecule has 2 rings (SSSR count). The number of rotatable bonds is 7. The van der Waals surface area contributed by atoms with Crippen LogP contribution in [0.15, 0.2) is 17.5 Å². The fraction of sp³-hybridized carbons (Fsp3) is 0.733. The van der Waals surface area contributed by atoms with Crippen LogP contribution in [-0.2, 0) is 6.42 Å². The molecule has 1 fully saturated rings. The summed E-state index contributed by atoms with van der Waals surface area (Å²) in [7, 11) is 0. The minimum absolute atomic E-state index is 0.705. The van der Waals surface area contributed by atoms with Crippen LogP contribution in [0.4, 0.5) is 0 Å². The summed E-state index contributed by atoms with van der Waals surface area (Å²) in [6, 6.07) is 5.16. The quantitative estimate of drug-likeness (QED) is 0.764. The maximum atomic E-state index is 3.74. The topological polar surface area (TPSA) is 12.0 Å². The van der Waals surface area contributed by atoms with Gasteiger partial charge in [-0.2, -0.15) is 0 Å². The van der Waals surface area contributed by atoms with E-state index < -0.39 is 0 Å². The number of thiophene rings is 1. The molecule has 0 amide bonds. The zero-order valence-electron chi connectivity index (χ0n) is 11.0. The molecule has 0 radical (unpaired) electrons. The molecule has 1 aromatic heterocycles. The standard InChI is InChI=1S/C15H25NS/c1-2-9-16-14(11-13-6-3-4-7-13)12-15-8-5-10-17-15/h5,8,10,13-14,16H,2-4,6-7,9,11-12H2,1H3. The van der Waals surface area contributed by atoms with E-state index in [0.717, 1.165) is 5.92 Å². The van der Waals surface area contributed by atoms with Gasteiger partial charge in [0.05, 0.1) is 0 Å². The smallest absolute Gasteiger partial charge is 0.0118 e. The summed E-state index contributed by atoms with van der Waals surface area (Å²) in [4.78, 5) is 1.54. The van der Waals surface area contributed by atoms with Gasteiger partial charge in [0, 0.05) is 10.9 Å². The van der Waals surface area contributed by atoms with Gasteiger partial charge >= 0.3 is 0 Å². The molecule has 1 heterocycles. The van der Waals surface area contributed by atoms with E-state index in [2.05, 4.69) is 29.8 Å². The molecular formula is C15H25NS. The van der Waals surface area contributed by atoms with Gasteiger partial charge in [0.2, 0.25) is 0 Å². The molecule has 1 aliphatic rings. The third-order valence-electron chi connectivity index (χ3n) is 3.80. The average Bonchev–Trinajstić information content (AvgIpc) is 2.99. The molecule has 1 atom stereocenters. The predicted molar refractivity (Wildman–Crippen MR) is 76.7 cm³/mol. The normalized spacial score (nSPS) is 18.6. The maximum absolute atomic E-state index is 3.74. The zero-order chi connectivity index (χ0) is 11.9. The summed E-state index contributed by atoms with van der Waals surface area (Å²) in [6.45, 7) is 3.42. The molecule has 96 valence electrons. The van der Waals surface area contributed by atoms with Crippen LogP contribution in [0.5, 0.6) is 0 Å². The molecule has 1 nitrogen and oxygen atoms in total. The van der Waals surface area contributed by atoms with Crippen molar-refractivity contribution in [3.63, 3.8) is 0 Å². The molecule has 0 aromatic carbocycles. The highest BCUT2D eigenvalue weighted by Gasteiger charge is 2.20. The Morgan fingerprint density at radius 3 is 2.88 bits per heavy atom. The molecule has 1 unspecified atom stereocenters. The molecule has 0 saturated heterocycles. The van der Waals surface area contributed by atoms with Crippen LogP contribution in [-0.4, -0.2) is 12.6 Å². The first-order valence-electron chi connectivity index (χ1n) is 7.14. The van der Waals surface area contributed by atoms with E-state index >= 15 is 0 Å². The zero-order valence-corrected chi connectivity index (χ0v) is 11.8. The second kappa shape index (κ2) is 7.17. The summed E-state index contributed by atoms with van der Waals surface area (Å²) < 4.78 is 0. The lowest BCUT2D eigenvalue weighted by molar-refractivity contribution is 0.386. The van der Waals surface area contributed by atoms with Gasteiger partial charge in [0.1, 0.15) is 0 Å². The SMILES string of the molecule is CCCNC(Cc1cccs1)CC1CCCC1. The van der Waals surface area contributed by atoms with E-state index in [9.17, 15) is 0 Å². The molecule has 1 aromatic rings. The monoisotopic (exact) mass is 251 g/mol. The summed E-state index contributed by atoms with van der Waals surface area (Å²) in [6.07, 6.45) is 9.72. The lowest BCUT2D eigenvalue weighted by Gasteiger charge is -2.21. The maximum Gasteiger partial charge on any atom is 0.0118 e. The van der Waals surface area contributed by atoms with Crippen molar-refractivity contribution in [1.82, 2.24) is 5.32 Å². The second-order valence-corrected chi connectivity index (χ2v) is 6.35. The van der Waals surface area contributed by atoms with Crippen LogP contribution in [0, 0.1) is 5.92 Å². The Balaban J connectivity index is 1.83. The Labute approximate surface area is 110 Å². The molecular weight excluding hydrogens is 226 g/mol. The van der Waals surface area contributed by atoms with Gasteiger partial charge in [0.15, 0.2) is 0 Å². The number of hydrogen-bond donors (Lipinski definition) is 1. The van der Waals surface area contributed by atoms with Crippen molar-refractivity contribution in [2.24, 2.45) is 5.92 Å². The molecule has 0 bridgehead atoms. The minimum Gasteiger partial charge on any atom is -0.314 e. The highest BCUT2D eigenvalue weighted by molar-refractivity contribution is 7.09. The van der Waals surface area contributed by atoms with Crippen LogP contribution >= 0.6 is 11.3 Å². The molecule has 2 heteroatoms. The minimum atomic E-state index is 0.705. The third kappa shape index (κ3) is 4.44. The fourth-order valence-electron chi connectivity index (χ4n) is 2.91. The summed E-state index contributed by atoms with van der Waals surface area (Å²) in [5, 5.41) is 5.94. The molecule has 17 heavy (non-hydrogen) atoms. The van der Waals surface area contributed by atoms with Crippen LogP contribution in [0.1, 0.15) is 50.3 Å². The lowest BCUT2D eigenvalue weighted by Crippen LogP contribution is -2.33. The summed E-state index contributed by atoms with van der Waals surface area (Å²) in [5.41, 5.74) is 0. The van der Waals surface area contributed by atoms with E-state index in [1.807, 2.05) is 11.3 Å². The van der Waals surface area contributed by atoms with Gasteiger partial charge in [-0.1, -0.05) is 38.7 Å². The van der Waals surface area contributed by atoms with Crippen molar-refractivity contribution in [1.29, 1.82) is 0 Å². The van der Waals surface area contributed by atoms with Gasteiger partial charge in [-0.25, -0.2) is 0 Å². The van der Waals surface area contributed by atoms with E-state index in [-0.39, 0.29) is 0 Å². The first-order chi connectivity index (χ1) is 8.38. The lowest BCUT2D eigenvalue weighted by atomic mass is 9.96. The van der Waals surface area contributed by atoms with Crippen molar-refractivity contribution >= 4 is 11.3 Å². The van der Waals surface area contributed by atoms with E-state index in [1.165, 1.54) is 56.4 Å². The van der Waals surface area contributed by atoms with Gasteiger partial charge < -0.3 is 5.32 Å². The van der Waals surface area contributed by atoms with Crippen molar-refractivity contribution < 1.29 is 0 Å². The third-order valence-corrected chi connectivity index (χ3v) is 4.70. The number of hydrogen-bond acceptors (Lipinski definition) is 2. The molecule has 0 aliphatic heterocycles. The fourth-order valence-corrected chi connectivity index (χ4v) is 3.69. The van der Waals surface area contributed by atoms with Crippen LogP contribution in [0.2, 0.25) is 0 Å². The highest BCUT2D eigenvalue weighted by atomic mass is 32.1. The van der Waals surface area contributed by atoms with E-state index in [4.69, 9.17) is 0 Å². The predicted octanol–water partition coefficient (Wildman–Crippen LogP) is 4.24. The van der Waals surface area contributed by atoms with Gasteiger partial charge in [-0.15, -0.1) is 11.3 Å². The van der Waals surface area contributed by atoms with E-state index in [1.54, 1.807) is 0 Å². The molecule has 1 saturated carbocycles. The molecule has 1 aliphatic carbocycles. The Kier molecular flexibility index (Phi) is 5.53. The Bertz CT molecular complexity index is 288. The average molecular weight is 251 g/mol. The van der Waals surface area contributed by atoms with Crippen molar-refractivity contribution in [2.75, 3.05) is 6.54 Å². The van der Waals surface area contributed by atoms with Crippen molar-refractivity contribution in [3.8, 4) is 0 Å². The first kappa shape index (κ1) is 13.1. The second-order valence-electron chi connectivity index (χ2n) is 5.32. The van der Waals surface area contributed by atoms with Gasteiger partial charge in [0.25, 0.3) is 0 Å². The molecule has 0 spiro atoms. The van der Waals surface area contributed by atoms with E-state index in [0.29, 0.717) is 6.04 Å². The van der Waals surface area contributed by atoms with Crippen LogP contribution in [0.25, 0.3) is 0 Å². The Morgan fingerprint density at radius 1 is 1.41 bits per heavy atom. The Hall–Kier alpha value is -0.340. The largest absolute Gasteiger partial charge is 0.314 e. The molecule has 1 N–H and O–H groups in total. The van der Waals surface area contributed by atoms with Gasteiger partial charge in [-0.3, -0.25) is 0 Å². The van der Waals surface area contributed by atoms with Crippen LogP contribution < -0.4 is 5.32 Å². The van der Waals surface area contributed by atoms with Crippen LogP contribution in [0.3, 0.4) is 0 Å². The summed E-state index contributed by atoms with van der Waals surface area (Å²) in [5.74, 6) is 0.990. The number of nitrogens with one attached hydrogen (secondary N) is 1. The highest BCUT2D eigenvalue weighted by Crippen LogP contribution is 2.29. The summed E-state index contributed by atoms with van der Waals surface area (Å²) >= 11 is 1.90. The van der Waals surface area contributed by atoms with Crippen molar-refractivity contribution in [2.45, 2.75) is 57.9 Å². The van der Waals surface area contributed by atoms with Crippen molar-refractivity contribution in [3.05, 3.63) is 22.4 Å². The van der Waals surface area contributed by atoms with Gasteiger partial charge in [-0.05, 0) is 43.2 Å².